The molecular formula is C7H15NO. The third kappa shape index (κ3) is 7.47. The molecule has 0 aromatic carbocycles. The molecule has 0 aliphatic rings. The predicted octanol–water partition coefficient (Wildman–Crippen LogP) is 1.31. The highest BCUT2D eigenvalue weighted by atomic mass is 16.1. The minimum atomic E-state index is 0.756. The van der Waals surface area contributed by atoms with E-state index in [1.807, 2.05) is 0 Å². The first kappa shape index (κ1) is 8.47. The molecule has 0 aromatic rings. The number of nitrogens with one attached hydrogen (secondary N) is 1. The Morgan fingerprint density at radius 3 is 2.67 bits per heavy atom. The molecule has 0 atom stereocenters. The Hall–Kier alpha value is -0.530. The second-order valence-electron chi connectivity index (χ2n) is 2.13. The summed E-state index contributed by atoms with van der Waals surface area (Å²) in [7, 11) is 0. The van der Waals surface area contributed by atoms with E-state index in [0.717, 1.165) is 19.4 Å². The van der Waals surface area contributed by atoms with E-state index in [-0.39, 0.29) is 0 Å². The molecular weight excluding hydrogens is 114 g/mol. The van der Waals surface area contributed by atoms with Gasteiger partial charge in [0.05, 0.1) is 0 Å². The molecule has 1 N–H and O–H groups in total. The molecule has 0 fully saturated rings. The molecule has 2 nitrogen and oxygen atoms in total. The molecule has 0 aliphatic carbocycles. The molecule has 0 unspecified atom stereocenters. The lowest BCUT2D eigenvalue weighted by molar-refractivity contribution is -0.109. The third-order valence-electron chi connectivity index (χ3n) is 1.26. The highest BCUT2D eigenvalue weighted by Crippen LogP contribution is 1.96. The summed E-state index contributed by atoms with van der Waals surface area (Å²) >= 11 is 0. The Bertz CT molecular complexity index is 63.9. The van der Waals surface area contributed by atoms with Crippen molar-refractivity contribution in [2.75, 3.05) is 6.54 Å². The summed E-state index contributed by atoms with van der Waals surface area (Å²) in [6, 6.07) is 0. The van der Waals surface area contributed by atoms with Crippen molar-refractivity contribution in [1.29, 1.82) is 0 Å². The monoisotopic (exact) mass is 129 g/mol. The van der Waals surface area contributed by atoms with Crippen LogP contribution in [0.25, 0.3) is 0 Å². The molecule has 1 amide bonds. The van der Waals surface area contributed by atoms with E-state index >= 15 is 0 Å². The summed E-state index contributed by atoms with van der Waals surface area (Å²) in [5.41, 5.74) is 0. The van der Waals surface area contributed by atoms with Crippen LogP contribution < -0.4 is 5.32 Å². The average molecular weight is 129 g/mol. The summed E-state index contributed by atoms with van der Waals surface area (Å²) in [5, 5.41) is 2.63. The van der Waals surface area contributed by atoms with Crippen molar-refractivity contribution < 1.29 is 4.79 Å². The molecule has 0 aromatic heterocycles. The van der Waals surface area contributed by atoms with E-state index in [0.29, 0.717) is 0 Å². The van der Waals surface area contributed by atoms with Crippen molar-refractivity contribution in [2.24, 2.45) is 0 Å². The normalized spacial score (nSPS) is 9.00. The van der Waals surface area contributed by atoms with Gasteiger partial charge in [-0.3, -0.25) is 4.79 Å². The number of unbranched alkanes of at least 4 members (excludes halogenated alkanes) is 3. The zero-order valence-electron chi connectivity index (χ0n) is 6.02. The summed E-state index contributed by atoms with van der Waals surface area (Å²) < 4.78 is 0. The lowest BCUT2D eigenvalue weighted by Crippen LogP contribution is -2.11. The van der Waals surface area contributed by atoms with Gasteiger partial charge in [0.25, 0.3) is 0 Å². The fourth-order valence-electron chi connectivity index (χ4n) is 0.713. The highest BCUT2D eigenvalue weighted by molar-refractivity contribution is 5.45. The van der Waals surface area contributed by atoms with Gasteiger partial charge in [-0.1, -0.05) is 26.2 Å². The summed E-state index contributed by atoms with van der Waals surface area (Å²) in [6.07, 6.45) is 5.64. The molecule has 9 heavy (non-hydrogen) atoms. The fourth-order valence-corrected chi connectivity index (χ4v) is 0.713. The van der Waals surface area contributed by atoms with Crippen molar-refractivity contribution in [3.63, 3.8) is 0 Å². The van der Waals surface area contributed by atoms with E-state index in [1.165, 1.54) is 19.3 Å². The Morgan fingerprint density at radius 2 is 2.11 bits per heavy atom. The van der Waals surface area contributed by atoms with Crippen LogP contribution in [0, 0.1) is 0 Å². The molecule has 0 bridgehead atoms. The standard InChI is InChI=1S/C7H15NO/c1-2-3-4-5-6-8-7-9/h7H,2-6H2,1H3,(H,8,9). The molecule has 0 saturated heterocycles. The summed E-state index contributed by atoms with van der Waals surface area (Å²) in [4.78, 5) is 9.73. The number of carbonyl (C=O) groups is 1. The van der Waals surface area contributed by atoms with Crippen LogP contribution in [0.4, 0.5) is 0 Å². The van der Waals surface area contributed by atoms with Crippen LogP contribution in [-0.2, 0) is 4.79 Å². The Labute approximate surface area is 56.6 Å². The van der Waals surface area contributed by atoms with Gasteiger partial charge >= 0.3 is 0 Å². The van der Waals surface area contributed by atoms with Gasteiger partial charge < -0.3 is 5.32 Å². The molecule has 2 heteroatoms. The topological polar surface area (TPSA) is 29.1 Å². The molecule has 0 spiro atoms. The number of rotatable bonds is 6. The van der Waals surface area contributed by atoms with Crippen LogP contribution >= 0.6 is 0 Å². The van der Waals surface area contributed by atoms with Crippen LogP contribution in [0.3, 0.4) is 0 Å². The second-order valence-corrected chi connectivity index (χ2v) is 2.13. The van der Waals surface area contributed by atoms with Crippen LogP contribution in [-0.4, -0.2) is 13.0 Å². The predicted molar refractivity (Wildman–Crippen MR) is 38.2 cm³/mol. The minimum absolute atomic E-state index is 0.756. The van der Waals surface area contributed by atoms with Crippen LogP contribution in [0.15, 0.2) is 0 Å². The van der Waals surface area contributed by atoms with Crippen molar-refractivity contribution in [3.8, 4) is 0 Å². The molecule has 0 heterocycles. The van der Waals surface area contributed by atoms with Crippen molar-refractivity contribution in [3.05, 3.63) is 0 Å². The molecule has 0 aliphatic heterocycles. The van der Waals surface area contributed by atoms with Gasteiger partial charge in [-0.15, -0.1) is 0 Å². The van der Waals surface area contributed by atoms with E-state index in [2.05, 4.69) is 12.2 Å². The SMILES string of the molecule is CCCCCCNC=O. The largest absolute Gasteiger partial charge is 0.359 e. The lowest BCUT2D eigenvalue weighted by Gasteiger charge is -1.96. The second kappa shape index (κ2) is 7.47. The quantitative estimate of drug-likeness (QED) is 0.425. The van der Waals surface area contributed by atoms with Crippen LogP contribution in [0.2, 0.25) is 0 Å². The number of carbonyl (C=O) groups excluding carboxylic acids is 1. The number of amides is 1. The van der Waals surface area contributed by atoms with Gasteiger partial charge in [0.2, 0.25) is 6.41 Å². The fraction of sp³-hybridized carbons (Fsp3) is 0.857. The summed E-state index contributed by atoms with van der Waals surface area (Å²) in [6.45, 7) is 3.01. The maximum absolute atomic E-state index is 9.73. The Balaban J connectivity index is 2.66. The maximum Gasteiger partial charge on any atom is 0.207 e. The van der Waals surface area contributed by atoms with E-state index in [4.69, 9.17) is 0 Å². The van der Waals surface area contributed by atoms with Gasteiger partial charge in [0.1, 0.15) is 0 Å². The van der Waals surface area contributed by atoms with Crippen molar-refractivity contribution >= 4 is 6.41 Å². The first-order chi connectivity index (χ1) is 4.41. The van der Waals surface area contributed by atoms with E-state index in [9.17, 15) is 4.79 Å². The number of hydrogen-bond donors (Lipinski definition) is 1. The Morgan fingerprint density at radius 1 is 1.33 bits per heavy atom. The van der Waals surface area contributed by atoms with E-state index in [1.54, 1.807) is 0 Å². The average Bonchev–Trinajstić information content (AvgIpc) is 1.89. The maximum atomic E-state index is 9.73. The van der Waals surface area contributed by atoms with Gasteiger partial charge in [0, 0.05) is 6.54 Å². The first-order valence-electron chi connectivity index (χ1n) is 3.59. The Kier molecular flexibility index (Phi) is 7.03. The van der Waals surface area contributed by atoms with Crippen molar-refractivity contribution in [2.45, 2.75) is 32.6 Å². The van der Waals surface area contributed by atoms with E-state index < -0.39 is 0 Å². The van der Waals surface area contributed by atoms with Crippen LogP contribution in [0.1, 0.15) is 32.6 Å². The number of hydrogen-bond acceptors (Lipinski definition) is 1. The first-order valence-corrected chi connectivity index (χ1v) is 3.59. The van der Waals surface area contributed by atoms with Gasteiger partial charge in [0.15, 0.2) is 0 Å². The molecule has 0 saturated carbocycles. The summed E-state index contributed by atoms with van der Waals surface area (Å²) in [5.74, 6) is 0. The van der Waals surface area contributed by atoms with Crippen LogP contribution in [0.5, 0.6) is 0 Å². The third-order valence-corrected chi connectivity index (χ3v) is 1.26. The van der Waals surface area contributed by atoms with Gasteiger partial charge in [-0.25, -0.2) is 0 Å². The lowest BCUT2D eigenvalue weighted by atomic mass is 10.2. The molecule has 54 valence electrons. The van der Waals surface area contributed by atoms with Gasteiger partial charge in [-0.2, -0.15) is 0 Å². The highest BCUT2D eigenvalue weighted by Gasteiger charge is 1.84. The smallest absolute Gasteiger partial charge is 0.207 e. The zero-order chi connectivity index (χ0) is 6.95. The molecule has 0 rings (SSSR count). The molecule has 0 radical (unpaired) electrons. The minimum Gasteiger partial charge on any atom is -0.359 e. The van der Waals surface area contributed by atoms with Crippen molar-refractivity contribution in [1.82, 2.24) is 5.32 Å². The van der Waals surface area contributed by atoms with Gasteiger partial charge in [-0.05, 0) is 6.42 Å². The zero-order valence-corrected chi connectivity index (χ0v) is 6.02.